The maximum atomic E-state index is 5.03. The summed E-state index contributed by atoms with van der Waals surface area (Å²) >= 11 is 0. The molecule has 1 heterocycles. The zero-order chi connectivity index (χ0) is 11.1. The van der Waals surface area contributed by atoms with Crippen LogP contribution in [0, 0.1) is 0 Å². The van der Waals surface area contributed by atoms with Crippen molar-refractivity contribution in [2.75, 3.05) is 19.0 Å². The molecule has 15 heavy (non-hydrogen) atoms. The van der Waals surface area contributed by atoms with Crippen LogP contribution in [-0.2, 0) is 11.3 Å². The molecule has 1 unspecified atom stereocenters. The van der Waals surface area contributed by atoms with Crippen LogP contribution in [0.1, 0.15) is 13.3 Å². The number of allylic oxidation sites excluding steroid dienone is 1. The van der Waals surface area contributed by atoms with Gasteiger partial charge in [0.1, 0.15) is 0 Å². The van der Waals surface area contributed by atoms with Crippen LogP contribution < -0.4 is 5.32 Å². The van der Waals surface area contributed by atoms with Gasteiger partial charge in [0.15, 0.2) is 0 Å². The van der Waals surface area contributed by atoms with Gasteiger partial charge in [0.05, 0.1) is 0 Å². The number of nitrogens with zero attached hydrogens (tertiary/aromatic N) is 2. The molecular weight excluding hydrogens is 190 g/mol. The number of imidazole rings is 1. The van der Waals surface area contributed by atoms with Crippen LogP contribution in [-0.4, -0.2) is 29.3 Å². The first-order valence-electron chi connectivity index (χ1n) is 5.15. The molecule has 0 aliphatic heterocycles. The topological polar surface area (TPSA) is 39.1 Å². The monoisotopic (exact) mass is 209 g/mol. The summed E-state index contributed by atoms with van der Waals surface area (Å²) in [7, 11) is 1.71. The van der Waals surface area contributed by atoms with E-state index >= 15 is 0 Å². The van der Waals surface area contributed by atoms with Crippen molar-refractivity contribution in [3.63, 3.8) is 0 Å². The molecule has 1 aromatic rings. The van der Waals surface area contributed by atoms with Gasteiger partial charge in [0.2, 0.25) is 5.95 Å². The van der Waals surface area contributed by atoms with Gasteiger partial charge >= 0.3 is 0 Å². The molecule has 0 amide bonds. The minimum atomic E-state index is 0.357. The van der Waals surface area contributed by atoms with Crippen LogP contribution >= 0.6 is 0 Å². The summed E-state index contributed by atoms with van der Waals surface area (Å²) in [5.74, 6) is 0.888. The van der Waals surface area contributed by atoms with Crippen molar-refractivity contribution in [1.82, 2.24) is 9.55 Å². The van der Waals surface area contributed by atoms with E-state index in [1.54, 1.807) is 13.3 Å². The Morgan fingerprint density at radius 3 is 3.20 bits per heavy atom. The quantitative estimate of drug-likeness (QED) is 0.697. The van der Waals surface area contributed by atoms with E-state index < -0.39 is 0 Å². The Bertz CT molecular complexity index is 296. The SMILES string of the molecule is C=CCn1ccnc1NC(C)CCOC. The lowest BCUT2D eigenvalue weighted by molar-refractivity contribution is 0.191. The molecule has 1 aromatic heterocycles. The van der Waals surface area contributed by atoms with Crippen LogP contribution in [0.25, 0.3) is 0 Å². The van der Waals surface area contributed by atoms with Gasteiger partial charge < -0.3 is 14.6 Å². The van der Waals surface area contributed by atoms with Crippen LogP contribution in [0.2, 0.25) is 0 Å². The van der Waals surface area contributed by atoms with Gasteiger partial charge in [-0.1, -0.05) is 6.08 Å². The summed E-state index contributed by atoms with van der Waals surface area (Å²) in [5, 5.41) is 3.33. The second-order valence-electron chi connectivity index (χ2n) is 3.52. The summed E-state index contributed by atoms with van der Waals surface area (Å²) in [6, 6.07) is 0.357. The predicted molar refractivity (Wildman–Crippen MR) is 62.0 cm³/mol. The summed E-state index contributed by atoms with van der Waals surface area (Å²) in [4.78, 5) is 4.25. The lowest BCUT2D eigenvalue weighted by Crippen LogP contribution is -2.19. The highest BCUT2D eigenvalue weighted by molar-refractivity contribution is 5.27. The molecule has 0 saturated carbocycles. The summed E-state index contributed by atoms with van der Waals surface area (Å²) in [6.07, 6.45) is 6.55. The van der Waals surface area contributed by atoms with Gasteiger partial charge in [-0.25, -0.2) is 4.98 Å². The average Bonchev–Trinajstić information content (AvgIpc) is 2.63. The highest BCUT2D eigenvalue weighted by atomic mass is 16.5. The zero-order valence-electron chi connectivity index (χ0n) is 9.44. The first-order valence-corrected chi connectivity index (χ1v) is 5.15. The molecule has 4 heteroatoms. The molecule has 0 aliphatic carbocycles. The fraction of sp³-hybridized carbons (Fsp3) is 0.545. The second kappa shape index (κ2) is 6.24. The standard InChI is InChI=1S/C11H19N3O/c1-4-7-14-8-6-12-11(14)13-10(2)5-9-15-3/h4,6,8,10H,1,5,7,9H2,2-3H3,(H,12,13). The summed E-state index contributed by atoms with van der Waals surface area (Å²) in [5.41, 5.74) is 0. The van der Waals surface area contributed by atoms with Gasteiger partial charge in [-0.05, 0) is 13.3 Å². The van der Waals surface area contributed by atoms with Gasteiger partial charge in [0, 0.05) is 38.7 Å². The predicted octanol–water partition coefficient (Wildman–Crippen LogP) is 1.91. The third-order valence-corrected chi connectivity index (χ3v) is 2.17. The fourth-order valence-electron chi connectivity index (χ4n) is 1.32. The molecule has 1 N–H and O–H groups in total. The smallest absolute Gasteiger partial charge is 0.203 e. The van der Waals surface area contributed by atoms with Gasteiger partial charge in [-0.2, -0.15) is 0 Å². The van der Waals surface area contributed by atoms with E-state index in [4.69, 9.17) is 4.74 Å². The lowest BCUT2D eigenvalue weighted by atomic mass is 10.2. The highest BCUT2D eigenvalue weighted by Crippen LogP contribution is 2.07. The number of nitrogens with one attached hydrogen (secondary N) is 1. The van der Waals surface area contributed by atoms with Crippen LogP contribution in [0.15, 0.2) is 25.0 Å². The fourth-order valence-corrected chi connectivity index (χ4v) is 1.32. The summed E-state index contributed by atoms with van der Waals surface area (Å²) in [6.45, 7) is 7.36. The molecule has 4 nitrogen and oxygen atoms in total. The second-order valence-corrected chi connectivity index (χ2v) is 3.52. The van der Waals surface area contributed by atoms with Crippen LogP contribution in [0.5, 0.6) is 0 Å². The highest BCUT2D eigenvalue weighted by Gasteiger charge is 2.05. The number of rotatable bonds is 7. The van der Waals surface area contributed by atoms with Crippen molar-refractivity contribution in [3.8, 4) is 0 Å². The summed E-state index contributed by atoms with van der Waals surface area (Å²) < 4.78 is 7.05. The number of aromatic nitrogens is 2. The Morgan fingerprint density at radius 1 is 1.73 bits per heavy atom. The normalized spacial score (nSPS) is 12.4. The van der Waals surface area contributed by atoms with Gasteiger partial charge in [-0.3, -0.25) is 0 Å². The third-order valence-electron chi connectivity index (χ3n) is 2.17. The van der Waals surface area contributed by atoms with Gasteiger partial charge in [0.25, 0.3) is 0 Å². The maximum Gasteiger partial charge on any atom is 0.203 e. The van der Waals surface area contributed by atoms with E-state index in [2.05, 4.69) is 23.8 Å². The number of hydrogen-bond donors (Lipinski definition) is 1. The van der Waals surface area contributed by atoms with E-state index in [1.807, 2.05) is 16.8 Å². The molecule has 0 radical (unpaired) electrons. The van der Waals surface area contributed by atoms with E-state index in [0.29, 0.717) is 6.04 Å². The van der Waals surface area contributed by atoms with E-state index in [1.165, 1.54) is 0 Å². The van der Waals surface area contributed by atoms with Crippen LogP contribution in [0.3, 0.4) is 0 Å². The molecule has 0 bridgehead atoms. The van der Waals surface area contributed by atoms with E-state index in [-0.39, 0.29) is 0 Å². The molecule has 0 aromatic carbocycles. The third kappa shape index (κ3) is 3.75. The van der Waals surface area contributed by atoms with E-state index in [0.717, 1.165) is 25.5 Å². The van der Waals surface area contributed by atoms with Crippen molar-refractivity contribution in [3.05, 3.63) is 25.0 Å². The zero-order valence-corrected chi connectivity index (χ0v) is 9.44. The molecule has 0 fully saturated rings. The molecule has 0 saturated heterocycles. The Morgan fingerprint density at radius 2 is 2.53 bits per heavy atom. The number of ether oxygens (including phenoxy) is 1. The Balaban J connectivity index is 2.47. The first-order chi connectivity index (χ1) is 7.27. The number of anilines is 1. The first kappa shape index (κ1) is 11.8. The Hall–Kier alpha value is -1.29. The molecule has 0 spiro atoms. The molecular formula is C11H19N3O. The Kier molecular flexibility index (Phi) is 4.90. The average molecular weight is 209 g/mol. The number of hydrogen-bond acceptors (Lipinski definition) is 3. The van der Waals surface area contributed by atoms with Crippen molar-refractivity contribution in [2.45, 2.75) is 25.9 Å². The molecule has 1 atom stereocenters. The van der Waals surface area contributed by atoms with Crippen LogP contribution in [0.4, 0.5) is 5.95 Å². The van der Waals surface area contributed by atoms with Gasteiger partial charge in [-0.15, -0.1) is 6.58 Å². The van der Waals surface area contributed by atoms with Crippen molar-refractivity contribution >= 4 is 5.95 Å². The minimum Gasteiger partial charge on any atom is -0.385 e. The van der Waals surface area contributed by atoms with Crippen molar-refractivity contribution < 1.29 is 4.74 Å². The molecule has 84 valence electrons. The Labute approximate surface area is 91.0 Å². The van der Waals surface area contributed by atoms with E-state index in [9.17, 15) is 0 Å². The minimum absolute atomic E-state index is 0.357. The van der Waals surface area contributed by atoms with Crippen molar-refractivity contribution in [2.24, 2.45) is 0 Å². The van der Waals surface area contributed by atoms with Crippen molar-refractivity contribution in [1.29, 1.82) is 0 Å². The molecule has 1 rings (SSSR count). The molecule has 0 aliphatic rings. The maximum absolute atomic E-state index is 5.03. The lowest BCUT2D eigenvalue weighted by Gasteiger charge is -2.14. The largest absolute Gasteiger partial charge is 0.385 e. The number of methoxy groups -OCH3 is 1.